The highest BCUT2D eigenvalue weighted by Crippen LogP contribution is 2.31. The van der Waals surface area contributed by atoms with Crippen molar-refractivity contribution in [1.29, 1.82) is 0 Å². The monoisotopic (exact) mass is 294 g/mol. The van der Waals surface area contributed by atoms with Crippen LogP contribution in [0.1, 0.15) is 37.0 Å². The van der Waals surface area contributed by atoms with Gasteiger partial charge in [0.25, 0.3) is 0 Å². The van der Waals surface area contributed by atoms with Gasteiger partial charge in [-0.2, -0.15) is 0 Å². The van der Waals surface area contributed by atoms with Gasteiger partial charge in [0, 0.05) is 0 Å². The lowest BCUT2D eigenvalue weighted by atomic mass is 9.77. The number of aromatic carboxylic acids is 1. The molecule has 1 aromatic rings. The van der Waals surface area contributed by atoms with Gasteiger partial charge in [-0.3, -0.25) is 4.79 Å². The highest BCUT2D eigenvalue weighted by Gasteiger charge is 2.37. The molecule has 0 aromatic heterocycles. The summed E-state index contributed by atoms with van der Waals surface area (Å²) in [5, 5.41) is 14.5. The van der Waals surface area contributed by atoms with Crippen LogP contribution in [0.15, 0.2) is 18.2 Å². The van der Waals surface area contributed by atoms with E-state index in [1.807, 2.05) is 13.8 Å². The van der Waals surface area contributed by atoms with Crippen LogP contribution in [0, 0.1) is 11.2 Å². The summed E-state index contributed by atoms with van der Waals surface area (Å²) < 4.78 is 13.7. The number of hydrogen-bond acceptors (Lipinski definition) is 3. The second-order valence-electron chi connectivity index (χ2n) is 5.97. The molecule has 0 saturated carbocycles. The first-order chi connectivity index (χ1) is 9.81. The van der Waals surface area contributed by atoms with Gasteiger partial charge in [0.1, 0.15) is 5.82 Å². The number of hydrogen-bond donors (Lipinski definition) is 3. The summed E-state index contributed by atoms with van der Waals surface area (Å²) in [7, 11) is 0. The zero-order chi connectivity index (χ0) is 15.6. The summed E-state index contributed by atoms with van der Waals surface area (Å²) in [4.78, 5) is 23.2. The van der Waals surface area contributed by atoms with E-state index in [9.17, 15) is 14.0 Å². The third kappa shape index (κ3) is 3.39. The summed E-state index contributed by atoms with van der Waals surface area (Å²) in [6, 6.07) is 2.90. The number of carboxylic acid groups (broad SMARTS) is 1. The number of amides is 1. The maximum atomic E-state index is 13.7. The van der Waals surface area contributed by atoms with Gasteiger partial charge >= 0.3 is 5.97 Å². The van der Waals surface area contributed by atoms with E-state index in [2.05, 4.69) is 10.6 Å². The fourth-order valence-electron chi connectivity index (χ4n) is 2.62. The minimum Gasteiger partial charge on any atom is -0.478 e. The molecule has 1 heterocycles. The van der Waals surface area contributed by atoms with Crippen molar-refractivity contribution in [1.82, 2.24) is 5.32 Å². The van der Waals surface area contributed by atoms with Crippen LogP contribution in [-0.4, -0.2) is 29.6 Å². The van der Waals surface area contributed by atoms with Crippen LogP contribution in [0.25, 0.3) is 0 Å². The first-order valence-electron chi connectivity index (χ1n) is 6.88. The standard InChI is InChI=1S/C15H19FN2O3/c1-15(2)6-3-7-17-12(15)13(19)18-11-8-9(14(20)21)4-5-10(11)16/h4-5,8,12,17H,3,6-7H2,1-2H3,(H,18,19)(H,20,21). The molecule has 3 N–H and O–H groups in total. The highest BCUT2D eigenvalue weighted by atomic mass is 19.1. The quantitative estimate of drug-likeness (QED) is 0.799. The number of halogens is 1. The Balaban J connectivity index is 2.19. The Morgan fingerprint density at radius 1 is 1.43 bits per heavy atom. The van der Waals surface area contributed by atoms with E-state index in [0.29, 0.717) is 0 Å². The molecule has 0 radical (unpaired) electrons. The molecule has 1 fully saturated rings. The molecule has 6 heteroatoms. The van der Waals surface area contributed by atoms with E-state index >= 15 is 0 Å². The number of carboxylic acids is 1. The van der Waals surface area contributed by atoms with Crippen molar-refractivity contribution in [3.05, 3.63) is 29.6 Å². The maximum absolute atomic E-state index is 13.7. The normalized spacial score (nSPS) is 20.8. The molecule has 21 heavy (non-hydrogen) atoms. The molecule has 1 unspecified atom stereocenters. The van der Waals surface area contributed by atoms with E-state index in [4.69, 9.17) is 5.11 Å². The van der Waals surface area contributed by atoms with Gasteiger partial charge in [-0.1, -0.05) is 13.8 Å². The van der Waals surface area contributed by atoms with Crippen LogP contribution in [0.4, 0.5) is 10.1 Å². The van der Waals surface area contributed by atoms with Crippen molar-refractivity contribution >= 4 is 17.6 Å². The summed E-state index contributed by atoms with van der Waals surface area (Å²) in [6.07, 6.45) is 1.88. The van der Waals surface area contributed by atoms with Gasteiger partial charge in [-0.15, -0.1) is 0 Å². The van der Waals surface area contributed by atoms with E-state index < -0.39 is 17.8 Å². The second kappa shape index (κ2) is 5.81. The smallest absolute Gasteiger partial charge is 0.335 e. The summed E-state index contributed by atoms with van der Waals surface area (Å²) in [5.74, 6) is -2.16. The number of carbonyl (C=O) groups is 2. The Morgan fingerprint density at radius 3 is 2.76 bits per heavy atom. The Labute approximate surface area is 122 Å². The molecule has 1 saturated heterocycles. The SMILES string of the molecule is CC1(C)CCCNC1C(=O)Nc1cc(C(=O)O)ccc1F. The minimum atomic E-state index is -1.17. The molecule has 5 nitrogen and oxygen atoms in total. The zero-order valence-corrected chi connectivity index (χ0v) is 12.1. The summed E-state index contributed by atoms with van der Waals surface area (Å²) in [5.41, 5.74) is -0.408. The number of rotatable bonds is 3. The average molecular weight is 294 g/mol. The van der Waals surface area contributed by atoms with Gasteiger partial charge in [0.2, 0.25) is 5.91 Å². The molecule has 1 atom stereocenters. The molecule has 2 rings (SSSR count). The van der Waals surface area contributed by atoms with Gasteiger partial charge in [-0.05, 0) is 43.0 Å². The molecule has 1 aliphatic heterocycles. The fraction of sp³-hybridized carbons (Fsp3) is 0.467. The van der Waals surface area contributed by atoms with Crippen molar-refractivity contribution in [2.75, 3.05) is 11.9 Å². The predicted molar refractivity (Wildman–Crippen MR) is 76.8 cm³/mol. The largest absolute Gasteiger partial charge is 0.478 e. The van der Waals surface area contributed by atoms with Crippen molar-refractivity contribution in [2.24, 2.45) is 5.41 Å². The molecule has 1 aromatic carbocycles. The van der Waals surface area contributed by atoms with E-state index in [1.54, 1.807) is 0 Å². The zero-order valence-electron chi connectivity index (χ0n) is 12.1. The van der Waals surface area contributed by atoms with Gasteiger partial charge < -0.3 is 15.7 Å². The molecule has 1 aliphatic rings. The van der Waals surface area contributed by atoms with Crippen LogP contribution in [0.3, 0.4) is 0 Å². The van der Waals surface area contributed by atoms with E-state index in [-0.39, 0.29) is 22.6 Å². The van der Waals surface area contributed by atoms with Crippen LogP contribution < -0.4 is 10.6 Å². The number of benzene rings is 1. The van der Waals surface area contributed by atoms with Crippen molar-refractivity contribution in [3.63, 3.8) is 0 Å². The topological polar surface area (TPSA) is 78.4 Å². The Bertz CT molecular complexity index is 572. The maximum Gasteiger partial charge on any atom is 0.335 e. The lowest BCUT2D eigenvalue weighted by Crippen LogP contribution is -2.53. The van der Waals surface area contributed by atoms with Crippen molar-refractivity contribution < 1.29 is 19.1 Å². The third-order valence-corrected chi connectivity index (χ3v) is 3.86. The number of carbonyl (C=O) groups excluding carboxylic acids is 1. The lowest BCUT2D eigenvalue weighted by molar-refractivity contribution is -0.121. The van der Waals surface area contributed by atoms with E-state index in [0.717, 1.165) is 37.6 Å². The Hall–Kier alpha value is -1.95. The Morgan fingerprint density at radius 2 is 2.14 bits per heavy atom. The third-order valence-electron chi connectivity index (χ3n) is 3.86. The van der Waals surface area contributed by atoms with E-state index in [1.165, 1.54) is 0 Å². The van der Waals surface area contributed by atoms with Crippen LogP contribution in [-0.2, 0) is 4.79 Å². The van der Waals surface area contributed by atoms with Gasteiger partial charge in [0.15, 0.2) is 0 Å². The first kappa shape index (κ1) is 15.4. The molecular weight excluding hydrogens is 275 g/mol. The predicted octanol–water partition coefficient (Wildman–Crippen LogP) is 2.24. The molecular formula is C15H19FN2O3. The summed E-state index contributed by atoms with van der Waals surface area (Å²) in [6.45, 7) is 4.69. The lowest BCUT2D eigenvalue weighted by Gasteiger charge is -2.38. The average Bonchev–Trinajstić information content (AvgIpc) is 2.40. The van der Waals surface area contributed by atoms with Crippen molar-refractivity contribution in [2.45, 2.75) is 32.7 Å². The molecule has 114 valence electrons. The van der Waals surface area contributed by atoms with Gasteiger partial charge in [-0.25, -0.2) is 9.18 Å². The molecule has 0 aliphatic carbocycles. The number of piperidine rings is 1. The van der Waals surface area contributed by atoms with Crippen LogP contribution >= 0.6 is 0 Å². The summed E-state index contributed by atoms with van der Waals surface area (Å²) >= 11 is 0. The van der Waals surface area contributed by atoms with Crippen LogP contribution in [0.2, 0.25) is 0 Å². The van der Waals surface area contributed by atoms with Crippen LogP contribution in [0.5, 0.6) is 0 Å². The molecule has 0 spiro atoms. The van der Waals surface area contributed by atoms with Crippen molar-refractivity contribution in [3.8, 4) is 0 Å². The molecule has 1 amide bonds. The fourth-order valence-corrected chi connectivity index (χ4v) is 2.62. The minimum absolute atomic E-state index is 0.0671. The van der Waals surface area contributed by atoms with Gasteiger partial charge in [0.05, 0.1) is 17.3 Å². The first-order valence-corrected chi connectivity index (χ1v) is 6.88. The Kier molecular flexibility index (Phi) is 4.27. The number of anilines is 1. The highest BCUT2D eigenvalue weighted by molar-refractivity contribution is 5.97. The molecule has 0 bridgehead atoms. The second-order valence-corrected chi connectivity index (χ2v) is 5.97. The number of nitrogens with one attached hydrogen (secondary N) is 2.